The molecule has 0 aliphatic rings. The van der Waals surface area contributed by atoms with Crippen molar-refractivity contribution < 1.29 is 9.47 Å². The lowest BCUT2D eigenvalue weighted by atomic mass is 10.2. The lowest BCUT2D eigenvalue weighted by Crippen LogP contribution is -2.20. The summed E-state index contributed by atoms with van der Waals surface area (Å²) in [5, 5.41) is 3.47. The molecule has 0 amide bonds. The molecule has 20 heavy (non-hydrogen) atoms. The molecule has 0 saturated carbocycles. The Morgan fingerprint density at radius 2 is 1.60 bits per heavy atom. The van der Waals surface area contributed by atoms with Crippen LogP contribution < -0.4 is 14.8 Å². The molecule has 0 heterocycles. The summed E-state index contributed by atoms with van der Waals surface area (Å²) in [6, 6.07) is 7.76. The first kappa shape index (κ1) is 16.8. The molecule has 0 fully saturated rings. The summed E-state index contributed by atoms with van der Waals surface area (Å²) in [5.74, 6) is 2.53. The van der Waals surface area contributed by atoms with E-state index in [0.29, 0.717) is 0 Å². The zero-order valence-electron chi connectivity index (χ0n) is 13.2. The normalized spacial score (nSPS) is 10.8. The van der Waals surface area contributed by atoms with E-state index >= 15 is 0 Å². The molecular weight excluding hydrogens is 250 g/mol. The summed E-state index contributed by atoms with van der Waals surface area (Å²) in [6.45, 7) is 7.54. The summed E-state index contributed by atoms with van der Waals surface area (Å²) in [4.78, 5) is 0. The molecule has 0 spiro atoms. The van der Waals surface area contributed by atoms with Crippen LogP contribution in [0.15, 0.2) is 24.3 Å². The van der Waals surface area contributed by atoms with Gasteiger partial charge >= 0.3 is 0 Å². The second-order valence-corrected chi connectivity index (χ2v) is 5.54. The van der Waals surface area contributed by atoms with Crippen molar-refractivity contribution >= 4 is 0 Å². The van der Waals surface area contributed by atoms with E-state index < -0.39 is 0 Å². The van der Waals surface area contributed by atoms with Crippen LogP contribution in [0, 0.1) is 5.92 Å². The van der Waals surface area contributed by atoms with Gasteiger partial charge in [-0.2, -0.15) is 0 Å². The van der Waals surface area contributed by atoms with Crippen molar-refractivity contribution in [3.63, 3.8) is 0 Å². The molecule has 0 bridgehead atoms. The monoisotopic (exact) mass is 279 g/mol. The number of hydrogen-bond donors (Lipinski definition) is 1. The van der Waals surface area contributed by atoms with Crippen molar-refractivity contribution in [2.75, 3.05) is 26.8 Å². The fraction of sp³-hybridized carbons (Fsp3) is 0.647. The lowest BCUT2D eigenvalue weighted by Gasteiger charge is -2.08. The van der Waals surface area contributed by atoms with Gasteiger partial charge < -0.3 is 14.8 Å². The van der Waals surface area contributed by atoms with Gasteiger partial charge in [0.1, 0.15) is 11.5 Å². The smallest absolute Gasteiger partial charge is 0.119 e. The standard InChI is InChI=1S/C17H29NO2/c1-15(2)14-18-12-6-4-5-7-13-20-17-10-8-16(19-3)9-11-17/h8-11,15,18H,4-7,12-14H2,1-3H3. The average Bonchev–Trinajstić information content (AvgIpc) is 2.46. The molecule has 0 aliphatic carbocycles. The van der Waals surface area contributed by atoms with Gasteiger partial charge in [-0.15, -0.1) is 0 Å². The van der Waals surface area contributed by atoms with E-state index in [0.717, 1.165) is 43.5 Å². The Kier molecular flexibility index (Phi) is 8.88. The number of methoxy groups -OCH3 is 1. The van der Waals surface area contributed by atoms with Crippen LogP contribution in [0.25, 0.3) is 0 Å². The predicted molar refractivity (Wildman–Crippen MR) is 84.7 cm³/mol. The number of hydrogen-bond acceptors (Lipinski definition) is 3. The van der Waals surface area contributed by atoms with E-state index in [9.17, 15) is 0 Å². The molecule has 1 rings (SSSR count). The van der Waals surface area contributed by atoms with Gasteiger partial charge in [0.15, 0.2) is 0 Å². The Morgan fingerprint density at radius 1 is 0.950 bits per heavy atom. The second kappa shape index (κ2) is 10.6. The summed E-state index contributed by atoms with van der Waals surface area (Å²) >= 11 is 0. The van der Waals surface area contributed by atoms with Gasteiger partial charge in [-0.1, -0.05) is 26.7 Å². The third-order valence-electron chi connectivity index (χ3n) is 3.13. The highest BCUT2D eigenvalue weighted by Crippen LogP contribution is 2.17. The van der Waals surface area contributed by atoms with E-state index in [2.05, 4.69) is 19.2 Å². The molecular formula is C17H29NO2. The lowest BCUT2D eigenvalue weighted by molar-refractivity contribution is 0.303. The maximum absolute atomic E-state index is 5.69. The minimum atomic E-state index is 0.743. The van der Waals surface area contributed by atoms with Crippen molar-refractivity contribution in [3.8, 4) is 11.5 Å². The van der Waals surface area contributed by atoms with E-state index in [1.807, 2.05) is 24.3 Å². The first-order chi connectivity index (χ1) is 9.72. The summed E-state index contributed by atoms with van der Waals surface area (Å²) < 4.78 is 10.8. The third kappa shape index (κ3) is 8.05. The van der Waals surface area contributed by atoms with E-state index in [1.165, 1.54) is 19.3 Å². The SMILES string of the molecule is COc1ccc(OCCCCCCNCC(C)C)cc1. The summed E-state index contributed by atoms with van der Waals surface area (Å²) in [6.07, 6.45) is 4.89. The first-order valence-corrected chi connectivity index (χ1v) is 7.70. The molecule has 3 heteroatoms. The van der Waals surface area contributed by atoms with Crippen LogP contribution in [0.4, 0.5) is 0 Å². The Labute approximate surface area is 123 Å². The molecule has 1 N–H and O–H groups in total. The Morgan fingerprint density at radius 3 is 2.25 bits per heavy atom. The molecule has 0 aromatic heterocycles. The Balaban J connectivity index is 1.94. The molecule has 0 aliphatic heterocycles. The van der Waals surface area contributed by atoms with Gasteiger partial charge in [-0.25, -0.2) is 0 Å². The molecule has 3 nitrogen and oxygen atoms in total. The highest BCUT2D eigenvalue weighted by atomic mass is 16.5. The molecule has 0 atom stereocenters. The fourth-order valence-corrected chi connectivity index (χ4v) is 1.96. The van der Waals surface area contributed by atoms with Crippen LogP contribution in [0.1, 0.15) is 39.5 Å². The van der Waals surface area contributed by atoms with E-state index in [-0.39, 0.29) is 0 Å². The maximum Gasteiger partial charge on any atom is 0.119 e. The fourth-order valence-electron chi connectivity index (χ4n) is 1.96. The van der Waals surface area contributed by atoms with Crippen LogP contribution >= 0.6 is 0 Å². The highest BCUT2D eigenvalue weighted by molar-refractivity contribution is 5.31. The van der Waals surface area contributed by atoms with Gasteiger partial charge in [0.05, 0.1) is 13.7 Å². The quantitative estimate of drug-likeness (QED) is 0.624. The number of nitrogens with one attached hydrogen (secondary N) is 1. The zero-order chi connectivity index (χ0) is 14.6. The number of unbranched alkanes of at least 4 members (excludes halogenated alkanes) is 3. The van der Waals surface area contributed by atoms with E-state index in [4.69, 9.17) is 9.47 Å². The number of ether oxygens (including phenoxy) is 2. The molecule has 0 radical (unpaired) electrons. The van der Waals surface area contributed by atoms with Crippen LogP contribution in [-0.4, -0.2) is 26.8 Å². The zero-order valence-corrected chi connectivity index (χ0v) is 13.2. The molecule has 0 saturated heterocycles. The molecule has 1 aromatic carbocycles. The minimum absolute atomic E-state index is 0.743. The van der Waals surface area contributed by atoms with Crippen molar-refractivity contribution in [2.45, 2.75) is 39.5 Å². The van der Waals surface area contributed by atoms with Gasteiger partial charge in [0.2, 0.25) is 0 Å². The summed E-state index contributed by atoms with van der Waals surface area (Å²) in [5.41, 5.74) is 0. The van der Waals surface area contributed by atoms with Crippen LogP contribution in [0.3, 0.4) is 0 Å². The van der Waals surface area contributed by atoms with Crippen molar-refractivity contribution in [1.29, 1.82) is 0 Å². The Hall–Kier alpha value is -1.22. The van der Waals surface area contributed by atoms with Gasteiger partial charge in [-0.3, -0.25) is 0 Å². The van der Waals surface area contributed by atoms with Crippen LogP contribution in [0.2, 0.25) is 0 Å². The van der Waals surface area contributed by atoms with Crippen LogP contribution in [-0.2, 0) is 0 Å². The van der Waals surface area contributed by atoms with Gasteiger partial charge in [0, 0.05) is 0 Å². The molecule has 1 aromatic rings. The number of benzene rings is 1. The van der Waals surface area contributed by atoms with Gasteiger partial charge in [0.25, 0.3) is 0 Å². The van der Waals surface area contributed by atoms with Crippen molar-refractivity contribution in [2.24, 2.45) is 5.92 Å². The van der Waals surface area contributed by atoms with Crippen molar-refractivity contribution in [1.82, 2.24) is 5.32 Å². The Bertz CT molecular complexity index is 335. The average molecular weight is 279 g/mol. The van der Waals surface area contributed by atoms with Crippen molar-refractivity contribution in [3.05, 3.63) is 24.3 Å². The molecule has 114 valence electrons. The first-order valence-electron chi connectivity index (χ1n) is 7.70. The topological polar surface area (TPSA) is 30.5 Å². The second-order valence-electron chi connectivity index (χ2n) is 5.54. The predicted octanol–water partition coefficient (Wildman–Crippen LogP) is 3.88. The summed E-state index contributed by atoms with van der Waals surface area (Å²) in [7, 11) is 1.67. The highest BCUT2D eigenvalue weighted by Gasteiger charge is 1.96. The number of rotatable bonds is 11. The largest absolute Gasteiger partial charge is 0.497 e. The third-order valence-corrected chi connectivity index (χ3v) is 3.13. The van der Waals surface area contributed by atoms with Crippen LogP contribution in [0.5, 0.6) is 11.5 Å². The maximum atomic E-state index is 5.69. The van der Waals surface area contributed by atoms with Gasteiger partial charge in [-0.05, 0) is 56.1 Å². The van der Waals surface area contributed by atoms with E-state index in [1.54, 1.807) is 7.11 Å². The molecule has 0 unspecified atom stereocenters. The minimum Gasteiger partial charge on any atom is -0.497 e.